The van der Waals surface area contributed by atoms with Crippen molar-refractivity contribution in [2.75, 3.05) is 7.05 Å². The topological polar surface area (TPSA) is 17.3 Å². The van der Waals surface area contributed by atoms with Gasteiger partial charge in [-0.3, -0.25) is 4.99 Å². The lowest BCUT2D eigenvalue weighted by molar-refractivity contribution is 0.629. The molecule has 0 bridgehead atoms. The number of halogens is 1. The van der Waals surface area contributed by atoms with Crippen molar-refractivity contribution in [2.24, 2.45) is 12.0 Å². The Morgan fingerprint density at radius 3 is 2.67 bits per heavy atom. The second kappa shape index (κ2) is 3.98. The fourth-order valence-corrected chi connectivity index (χ4v) is 2.35. The molecule has 2 nitrogen and oxygen atoms in total. The lowest BCUT2D eigenvalue weighted by Gasteiger charge is -2.03. The van der Waals surface area contributed by atoms with Crippen LogP contribution in [0.2, 0.25) is 0 Å². The molecule has 15 heavy (non-hydrogen) atoms. The Balaban J connectivity index is 2.65. The van der Waals surface area contributed by atoms with E-state index in [0.717, 1.165) is 10.5 Å². The third-order valence-corrected chi connectivity index (χ3v) is 3.27. The van der Waals surface area contributed by atoms with Gasteiger partial charge in [0.15, 0.2) is 4.80 Å². The summed E-state index contributed by atoms with van der Waals surface area (Å²) in [5.74, 6) is -0.200. The number of aromatic nitrogens is 1. The third-order valence-electron chi connectivity index (χ3n) is 2.27. The molecule has 0 aliphatic rings. The summed E-state index contributed by atoms with van der Waals surface area (Å²) in [6, 6.07) is 6.77. The second-order valence-corrected chi connectivity index (χ2v) is 4.00. The Kier molecular flexibility index (Phi) is 2.68. The maximum atomic E-state index is 13.5. The van der Waals surface area contributed by atoms with Gasteiger partial charge in [0.1, 0.15) is 5.82 Å². The summed E-state index contributed by atoms with van der Waals surface area (Å²) in [6.07, 6.45) is 0. The lowest BCUT2D eigenvalue weighted by Crippen LogP contribution is -2.11. The van der Waals surface area contributed by atoms with Crippen molar-refractivity contribution in [2.45, 2.75) is 0 Å². The summed E-state index contributed by atoms with van der Waals surface area (Å²) < 4.78 is 15.4. The summed E-state index contributed by atoms with van der Waals surface area (Å²) >= 11 is 1.51. The van der Waals surface area contributed by atoms with Crippen LogP contribution in [0.3, 0.4) is 0 Å². The van der Waals surface area contributed by atoms with E-state index in [2.05, 4.69) is 4.99 Å². The van der Waals surface area contributed by atoms with E-state index < -0.39 is 0 Å². The van der Waals surface area contributed by atoms with Crippen LogP contribution in [0.4, 0.5) is 4.39 Å². The van der Waals surface area contributed by atoms with Crippen LogP contribution in [0.15, 0.2) is 34.6 Å². The highest BCUT2D eigenvalue weighted by molar-refractivity contribution is 7.07. The van der Waals surface area contributed by atoms with Crippen molar-refractivity contribution in [3.8, 4) is 11.3 Å². The smallest absolute Gasteiger partial charge is 0.184 e. The van der Waals surface area contributed by atoms with Gasteiger partial charge in [0, 0.05) is 25.0 Å². The molecule has 4 heteroatoms. The van der Waals surface area contributed by atoms with Crippen molar-refractivity contribution < 1.29 is 4.39 Å². The van der Waals surface area contributed by atoms with Crippen LogP contribution in [0.5, 0.6) is 0 Å². The molecule has 0 radical (unpaired) electrons. The van der Waals surface area contributed by atoms with Gasteiger partial charge in [-0.2, -0.15) is 0 Å². The van der Waals surface area contributed by atoms with Gasteiger partial charge in [-0.1, -0.05) is 12.1 Å². The second-order valence-electron chi connectivity index (χ2n) is 3.17. The third kappa shape index (κ3) is 1.72. The normalized spacial score (nSPS) is 12.1. The van der Waals surface area contributed by atoms with Gasteiger partial charge in [-0.25, -0.2) is 4.39 Å². The van der Waals surface area contributed by atoms with Crippen LogP contribution in [0, 0.1) is 5.82 Å². The summed E-state index contributed by atoms with van der Waals surface area (Å²) in [5.41, 5.74) is 1.48. The Hall–Kier alpha value is -1.42. The predicted molar refractivity (Wildman–Crippen MR) is 60.2 cm³/mol. The average molecular weight is 222 g/mol. The first kappa shape index (κ1) is 10.1. The van der Waals surface area contributed by atoms with E-state index >= 15 is 0 Å². The Morgan fingerprint density at radius 2 is 2.07 bits per heavy atom. The van der Waals surface area contributed by atoms with Crippen LogP contribution in [0.1, 0.15) is 0 Å². The largest absolute Gasteiger partial charge is 0.320 e. The fraction of sp³-hybridized carbons (Fsp3) is 0.182. The van der Waals surface area contributed by atoms with E-state index in [1.54, 1.807) is 19.2 Å². The molecule has 0 aliphatic carbocycles. The van der Waals surface area contributed by atoms with Gasteiger partial charge < -0.3 is 4.57 Å². The van der Waals surface area contributed by atoms with Gasteiger partial charge in [0.25, 0.3) is 0 Å². The first-order valence-corrected chi connectivity index (χ1v) is 5.44. The maximum Gasteiger partial charge on any atom is 0.184 e. The average Bonchev–Trinajstić information content (AvgIpc) is 2.60. The number of rotatable bonds is 1. The molecule has 0 fully saturated rings. The highest BCUT2D eigenvalue weighted by Crippen LogP contribution is 2.21. The molecule has 0 unspecified atom stereocenters. The van der Waals surface area contributed by atoms with E-state index in [1.807, 2.05) is 23.1 Å². The van der Waals surface area contributed by atoms with Crippen molar-refractivity contribution in [1.82, 2.24) is 4.57 Å². The molecular formula is C11H11FN2S. The molecule has 2 aromatic rings. The zero-order valence-corrected chi connectivity index (χ0v) is 9.38. The van der Waals surface area contributed by atoms with Crippen LogP contribution < -0.4 is 4.80 Å². The molecule has 0 spiro atoms. The number of thiazole rings is 1. The molecule has 0 amide bonds. The van der Waals surface area contributed by atoms with Crippen LogP contribution in [-0.2, 0) is 7.05 Å². The molecule has 1 aromatic carbocycles. The monoisotopic (exact) mass is 222 g/mol. The Bertz CT molecular complexity index is 540. The van der Waals surface area contributed by atoms with Gasteiger partial charge in [0.05, 0.1) is 5.69 Å². The lowest BCUT2D eigenvalue weighted by atomic mass is 10.1. The Morgan fingerprint density at radius 1 is 1.33 bits per heavy atom. The highest BCUT2D eigenvalue weighted by Gasteiger charge is 2.08. The molecule has 78 valence electrons. The highest BCUT2D eigenvalue weighted by atomic mass is 32.1. The molecule has 2 rings (SSSR count). The van der Waals surface area contributed by atoms with Crippen molar-refractivity contribution in [3.05, 3.63) is 40.3 Å². The molecule has 0 saturated heterocycles. The summed E-state index contributed by atoms with van der Waals surface area (Å²) in [4.78, 5) is 4.99. The molecule has 0 N–H and O–H groups in total. The van der Waals surface area contributed by atoms with E-state index in [0.29, 0.717) is 5.56 Å². The van der Waals surface area contributed by atoms with Gasteiger partial charge >= 0.3 is 0 Å². The van der Waals surface area contributed by atoms with Crippen LogP contribution in [-0.4, -0.2) is 11.6 Å². The van der Waals surface area contributed by atoms with Crippen molar-refractivity contribution in [1.29, 1.82) is 0 Å². The molecule has 0 aliphatic heterocycles. The van der Waals surface area contributed by atoms with Crippen molar-refractivity contribution in [3.63, 3.8) is 0 Å². The van der Waals surface area contributed by atoms with E-state index in [9.17, 15) is 4.39 Å². The van der Waals surface area contributed by atoms with Gasteiger partial charge in [-0.15, -0.1) is 11.3 Å². The fourth-order valence-electron chi connectivity index (χ4n) is 1.49. The zero-order chi connectivity index (χ0) is 10.8. The molecule has 0 saturated carbocycles. The predicted octanol–water partition coefficient (Wildman–Crippen LogP) is 2.42. The zero-order valence-electron chi connectivity index (χ0n) is 8.57. The standard InChI is InChI=1S/C11H11FN2S/c1-13-11-14(2)10(7-15-11)8-5-3-4-6-9(8)12/h3-7H,1-2H3. The SMILES string of the molecule is CN=c1scc(-c2ccccc2F)n1C. The molecule has 0 atom stereocenters. The number of benzene rings is 1. The van der Waals surface area contributed by atoms with E-state index in [4.69, 9.17) is 0 Å². The van der Waals surface area contributed by atoms with Crippen LogP contribution in [0.25, 0.3) is 11.3 Å². The molecule has 1 heterocycles. The minimum Gasteiger partial charge on any atom is -0.320 e. The number of hydrogen-bond acceptors (Lipinski definition) is 2. The molecule has 1 aromatic heterocycles. The Labute approximate surface area is 91.3 Å². The van der Waals surface area contributed by atoms with E-state index in [1.165, 1.54) is 17.4 Å². The number of nitrogens with zero attached hydrogens (tertiary/aromatic N) is 2. The first-order chi connectivity index (χ1) is 7.24. The minimum absolute atomic E-state index is 0.200. The van der Waals surface area contributed by atoms with Crippen molar-refractivity contribution >= 4 is 11.3 Å². The molecular weight excluding hydrogens is 211 g/mol. The first-order valence-electron chi connectivity index (χ1n) is 4.56. The maximum absolute atomic E-state index is 13.5. The van der Waals surface area contributed by atoms with Gasteiger partial charge in [0.2, 0.25) is 0 Å². The number of hydrogen-bond donors (Lipinski definition) is 0. The van der Waals surface area contributed by atoms with Crippen LogP contribution >= 0.6 is 11.3 Å². The minimum atomic E-state index is -0.200. The summed E-state index contributed by atoms with van der Waals surface area (Å²) in [7, 11) is 3.62. The summed E-state index contributed by atoms with van der Waals surface area (Å²) in [6.45, 7) is 0. The van der Waals surface area contributed by atoms with E-state index in [-0.39, 0.29) is 5.82 Å². The summed E-state index contributed by atoms with van der Waals surface area (Å²) in [5, 5.41) is 1.92. The quantitative estimate of drug-likeness (QED) is 0.705. The van der Waals surface area contributed by atoms with Gasteiger partial charge in [-0.05, 0) is 12.1 Å².